The standard InChI is InChI=1S/C19H32N4O3/c1-18(2)13-23(14-19(3,4)26-18)17(24)21-12-15-7-8-20-16(11-15)25-10-9-22(5)6/h7-8,11H,9-10,12-14H2,1-6H3,(H,21,24). The fourth-order valence-electron chi connectivity index (χ4n) is 3.19. The van der Waals surface area contributed by atoms with Gasteiger partial charge in [0.1, 0.15) is 6.61 Å². The summed E-state index contributed by atoms with van der Waals surface area (Å²) >= 11 is 0. The van der Waals surface area contributed by atoms with Crippen molar-refractivity contribution < 1.29 is 14.3 Å². The highest BCUT2D eigenvalue weighted by atomic mass is 16.5. The van der Waals surface area contributed by atoms with Gasteiger partial charge in [-0.25, -0.2) is 9.78 Å². The smallest absolute Gasteiger partial charge is 0.317 e. The number of morpholine rings is 1. The van der Waals surface area contributed by atoms with Gasteiger partial charge in [0.25, 0.3) is 0 Å². The number of nitrogens with zero attached hydrogens (tertiary/aromatic N) is 3. The van der Waals surface area contributed by atoms with Crippen molar-refractivity contribution in [3.63, 3.8) is 0 Å². The molecule has 0 aromatic carbocycles. The molecule has 0 atom stereocenters. The molecule has 2 heterocycles. The molecule has 0 spiro atoms. The lowest BCUT2D eigenvalue weighted by Crippen LogP contribution is -2.60. The van der Waals surface area contributed by atoms with Crippen molar-refractivity contribution in [2.45, 2.75) is 45.4 Å². The number of pyridine rings is 1. The van der Waals surface area contributed by atoms with E-state index in [4.69, 9.17) is 9.47 Å². The van der Waals surface area contributed by atoms with E-state index in [1.54, 1.807) is 6.20 Å². The summed E-state index contributed by atoms with van der Waals surface area (Å²) in [4.78, 5) is 20.7. The number of carbonyl (C=O) groups excluding carboxylic acids is 1. The molecule has 1 aromatic rings. The van der Waals surface area contributed by atoms with Gasteiger partial charge in [-0.2, -0.15) is 0 Å². The van der Waals surface area contributed by atoms with Crippen LogP contribution in [-0.2, 0) is 11.3 Å². The van der Waals surface area contributed by atoms with Crippen LogP contribution >= 0.6 is 0 Å². The third-order valence-electron chi connectivity index (χ3n) is 4.01. The number of likely N-dealkylation sites (N-methyl/N-ethyl adjacent to an activating group) is 1. The number of carbonyl (C=O) groups is 1. The van der Waals surface area contributed by atoms with E-state index in [0.29, 0.717) is 32.1 Å². The average molecular weight is 364 g/mol. The Balaban J connectivity index is 1.89. The maximum absolute atomic E-state index is 12.6. The normalized spacial score (nSPS) is 18.7. The van der Waals surface area contributed by atoms with Crippen molar-refractivity contribution in [1.29, 1.82) is 0 Å². The van der Waals surface area contributed by atoms with Crippen LogP contribution in [0.3, 0.4) is 0 Å². The molecule has 1 aliphatic heterocycles. The number of rotatable bonds is 6. The third kappa shape index (κ3) is 6.46. The minimum atomic E-state index is -0.358. The first kappa shape index (κ1) is 20.5. The second-order valence-electron chi connectivity index (χ2n) is 8.29. The van der Waals surface area contributed by atoms with Crippen LogP contribution in [-0.4, -0.2) is 72.4 Å². The zero-order valence-electron chi connectivity index (χ0n) is 16.8. The molecule has 146 valence electrons. The Bertz CT molecular complexity index is 601. The summed E-state index contributed by atoms with van der Waals surface area (Å²) in [6.45, 7) is 11.0. The van der Waals surface area contributed by atoms with Crippen molar-refractivity contribution in [2.24, 2.45) is 0 Å². The van der Waals surface area contributed by atoms with Gasteiger partial charge in [-0.3, -0.25) is 0 Å². The van der Waals surface area contributed by atoms with Crippen LogP contribution in [0.1, 0.15) is 33.3 Å². The highest BCUT2D eigenvalue weighted by molar-refractivity contribution is 5.74. The van der Waals surface area contributed by atoms with Crippen LogP contribution in [0.15, 0.2) is 18.3 Å². The Labute approximate surface area is 156 Å². The largest absolute Gasteiger partial charge is 0.476 e. The number of aromatic nitrogens is 1. The molecule has 1 aliphatic rings. The number of nitrogens with one attached hydrogen (secondary N) is 1. The van der Waals surface area contributed by atoms with Crippen LogP contribution in [0.4, 0.5) is 4.79 Å². The fraction of sp³-hybridized carbons (Fsp3) is 0.684. The molecule has 7 nitrogen and oxygen atoms in total. The van der Waals surface area contributed by atoms with E-state index in [2.05, 4.69) is 15.2 Å². The summed E-state index contributed by atoms with van der Waals surface area (Å²) in [5.74, 6) is 0.576. The first-order valence-electron chi connectivity index (χ1n) is 9.02. The highest BCUT2D eigenvalue weighted by Crippen LogP contribution is 2.28. The van der Waals surface area contributed by atoms with E-state index < -0.39 is 0 Å². The molecule has 0 aliphatic carbocycles. The van der Waals surface area contributed by atoms with E-state index in [9.17, 15) is 4.79 Å². The molecule has 2 amide bonds. The lowest BCUT2D eigenvalue weighted by Gasteiger charge is -2.47. The zero-order valence-corrected chi connectivity index (χ0v) is 16.8. The van der Waals surface area contributed by atoms with Crippen molar-refractivity contribution in [2.75, 3.05) is 40.3 Å². The van der Waals surface area contributed by atoms with Gasteiger partial charge in [-0.15, -0.1) is 0 Å². The van der Waals surface area contributed by atoms with Crippen LogP contribution < -0.4 is 10.1 Å². The van der Waals surface area contributed by atoms with Gasteiger partial charge in [-0.05, 0) is 53.4 Å². The Hall–Kier alpha value is -1.86. The number of urea groups is 1. The number of hydrogen-bond acceptors (Lipinski definition) is 5. The predicted octanol–water partition coefficient (Wildman–Crippen LogP) is 2.12. The van der Waals surface area contributed by atoms with Crippen LogP contribution in [0, 0.1) is 0 Å². The average Bonchev–Trinajstić information content (AvgIpc) is 2.49. The maximum Gasteiger partial charge on any atom is 0.317 e. The summed E-state index contributed by atoms with van der Waals surface area (Å²) < 4.78 is 11.7. The van der Waals surface area contributed by atoms with E-state index in [-0.39, 0.29) is 17.2 Å². The van der Waals surface area contributed by atoms with Gasteiger partial charge < -0.3 is 24.6 Å². The molecule has 0 radical (unpaired) electrons. The summed E-state index contributed by atoms with van der Waals surface area (Å²) in [5, 5.41) is 2.99. The quantitative estimate of drug-likeness (QED) is 0.837. The summed E-state index contributed by atoms with van der Waals surface area (Å²) in [6, 6.07) is 3.66. The summed E-state index contributed by atoms with van der Waals surface area (Å²) in [6.07, 6.45) is 1.70. The molecule has 1 N–H and O–H groups in total. The molecule has 1 saturated heterocycles. The van der Waals surface area contributed by atoms with Gasteiger partial charge in [0.05, 0.1) is 24.3 Å². The lowest BCUT2D eigenvalue weighted by molar-refractivity contribution is -0.170. The van der Waals surface area contributed by atoms with Crippen molar-refractivity contribution in [3.8, 4) is 5.88 Å². The third-order valence-corrected chi connectivity index (χ3v) is 4.01. The highest BCUT2D eigenvalue weighted by Gasteiger charge is 2.39. The number of ether oxygens (including phenoxy) is 2. The van der Waals surface area contributed by atoms with Crippen molar-refractivity contribution >= 4 is 6.03 Å². The number of hydrogen-bond donors (Lipinski definition) is 1. The second kappa shape index (κ2) is 8.22. The first-order chi connectivity index (χ1) is 12.1. The number of amides is 2. The Morgan fingerprint density at radius 1 is 1.31 bits per heavy atom. The molecule has 7 heteroatoms. The topological polar surface area (TPSA) is 66.9 Å². The molecule has 0 saturated carbocycles. The van der Waals surface area contributed by atoms with E-state index >= 15 is 0 Å². The Morgan fingerprint density at radius 3 is 2.58 bits per heavy atom. The second-order valence-corrected chi connectivity index (χ2v) is 8.29. The Kier molecular flexibility index (Phi) is 6.47. The first-order valence-corrected chi connectivity index (χ1v) is 9.02. The van der Waals surface area contributed by atoms with Gasteiger partial charge in [0.2, 0.25) is 5.88 Å². The van der Waals surface area contributed by atoms with Crippen molar-refractivity contribution in [3.05, 3.63) is 23.9 Å². The SMILES string of the molecule is CN(C)CCOc1cc(CNC(=O)N2CC(C)(C)OC(C)(C)C2)ccn1. The van der Waals surface area contributed by atoms with Gasteiger partial charge in [0, 0.05) is 25.4 Å². The Morgan fingerprint density at radius 2 is 1.96 bits per heavy atom. The molecular formula is C19H32N4O3. The minimum absolute atomic E-state index is 0.0821. The summed E-state index contributed by atoms with van der Waals surface area (Å²) in [5.41, 5.74) is 0.242. The maximum atomic E-state index is 12.6. The van der Waals surface area contributed by atoms with E-state index in [0.717, 1.165) is 12.1 Å². The zero-order chi connectivity index (χ0) is 19.4. The lowest BCUT2D eigenvalue weighted by atomic mass is 9.99. The van der Waals surface area contributed by atoms with E-state index in [1.165, 1.54) is 0 Å². The molecule has 0 bridgehead atoms. The van der Waals surface area contributed by atoms with Gasteiger partial charge in [-0.1, -0.05) is 0 Å². The molecule has 0 unspecified atom stereocenters. The molecule has 2 rings (SSSR count). The van der Waals surface area contributed by atoms with Crippen LogP contribution in [0.5, 0.6) is 5.88 Å². The molecule has 26 heavy (non-hydrogen) atoms. The molecule has 1 fully saturated rings. The predicted molar refractivity (Wildman–Crippen MR) is 101 cm³/mol. The molecule has 1 aromatic heterocycles. The fourth-order valence-corrected chi connectivity index (χ4v) is 3.19. The minimum Gasteiger partial charge on any atom is -0.476 e. The van der Waals surface area contributed by atoms with Crippen LogP contribution in [0.2, 0.25) is 0 Å². The van der Waals surface area contributed by atoms with Gasteiger partial charge in [0.15, 0.2) is 0 Å². The van der Waals surface area contributed by atoms with Crippen molar-refractivity contribution in [1.82, 2.24) is 20.1 Å². The van der Waals surface area contributed by atoms with Crippen LogP contribution in [0.25, 0.3) is 0 Å². The van der Waals surface area contributed by atoms with E-state index in [1.807, 2.05) is 58.8 Å². The van der Waals surface area contributed by atoms with Gasteiger partial charge >= 0.3 is 6.03 Å². The molecular weight excluding hydrogens is 332 g/mol. The summed E-state index contributed by atoms with van der Waals surface area (Å²) in [7, 11) is 3.99. The monoisotopic (exact) mass is 364 g/mol.